The first kappa shape index (κ1) is 20.3. The fraction of sp³-hybridized carbons (Fsp3) is 0.143. The summed E-state index contributed by atoms with van der Waals surface area (Å²) >= 11 is 0. The second kappa shape index (κ2) is 8.73. The van der Waals surface area contributed by atoms with Gasteiger partial charge in [0.15, 0.2) is 0 Å². The van der Waals surface area contributed by atoms with Crippen LogP contribution in [-0.4, -0.2) is 30.4 Å². The number of carbonyl (C=O) groups excluding carboxylic acids is 1. The van der Waals surface area contributed by atoms with Gasteiger partial charge in [0.2, 0.25) is 10.0 Å². The number of terminal acetylenes is 1. The van der Waals surface area contributed by atoms with E-state index >= 15 is 0 Å². The van der Waals surface area contributed by atoms with Crippen molar-refractivity contribution in [3.05, 3.63) is 77.9 Å². The van der Waals surface area contributed by atoms with Crippen LogP contribution in [-0.2, 0) is 16.6 Å². The molecule has 0 saturated carbocycles. The SMILES string of the molecule is C#CCNS(=O)(=O)c1cccc(C(=O)Nc2ccc(Cn3ccnc3C)cc2)c1. The maximum atomic E-state index is 12.5. The van der Waals surface area contributed by atoms with Crippen molar-refractivity contribution in [3.63, 3.8) is 0 Å². The Morgan fingerprint density at radius 1 is 1.21 bits per heavy atom. The molecule has 29 heavy (non-hydrogen) atoms. The Kier molecular flexibility index (Phi) is 6.12. The van der Waals surface area contributed by atoms with Crippen molar-refractivity contribution in [1.82, 2.24) is 14.3 Å². The first-order chi connectivity index (χ1) is 13.9. The van der Waals surface area contributed by atoms with E-state index in [0.717, 1.165) is 11.4 Å². The third kappa shape index (κ3) is 5.10. The van der Waals surface area contributed by atoms with Crippen molar-refractivity contribution in [1.29, 1.82) is 0 Å². The second-order valence-electron chi connectivity index (χ2n) is 6.31. The highest BCUT2D eigenvalue weighted by Crippen LogP contribution is 2.15. The number of imidazole rings is 1. The molecule has 2 aromatic carbocycles. The lowest BCUT2D eigenvalue weighted by Crippen LogP contribution is -2.24. The second-order valence-corrected chi connectivity index (χ2v) is 8.08. The Morgan fingerprint density at radius 2 is 1.97 bits per heavy atom. The zero-order valence-electron chi connectivity index (χ0n) is 15.8. The maximum Gasteiger partial charge on any atom is 0.255 e. The molecule has 1 amide bonds. The number of anilines is 1. The topological polar surface area (TPSA) is 93.1 Å². The molecule has 0 fully saturated rings. The van der Waals surface area contributed by atoms with Gasteiger partial charge in [0, 0.05) is 30.2 Å². The van der Waals surface area contributed by atoms with Crippen molar-refractivity contribution < 1.29 is 13.2 Å². The normalized spacial score (nSPS) is 11.0. The first-order valence-corrected chi connectivity index (χ1v) is 10.3. The van der Waals surface area contributed by atoms with E-state index in [4.69, 9.17) is 6.42 Å². The summed E-state index contributed by atoms with van der Waals surface area (Å²) in [5.41, 5.74) is 1.91. The third-order valence-corrected chi connectivity index (χ3v) is 5.66. The molecular formula is C21H20N4O3S. The summed E-state index contributed by atoms with van der Waals surface area (Å²) in [4.78, 5) is 16.7. The van der Waals surface area contributed by atoms with E-state index in [2.05, 4.69) is 20.9 Å². The summed E-state index contributed by atoms with van der Waals surface area (Å²) in [6.45, 7) is 2.50. The standard InChI is InChI=1S/C21H20N4O3S/c1-3-11-23-29(27,28)20-6-4-5-18(14-20)21(26)24-19-9-7-17(8-10-19)15-25-13-12-22-16(25)2/h1,4-10,12-14,23H,11,15H2,2H3,(H,24,26). The molecule has 0 saturated heterocycles. The number of rotatable bonds is 7. The highest BCUT2D eigenvalue weighted by atomic mass is 32.2. The van der Waals surface area contributed by atoms with Crippen LogP contribution in [0.2, 0.25) is 0 Å². The van der Waals surface area contributed by atoms with Crippen molar-refractivity contribution in [3.8, 4) is 12.3 Å². The summed E-state index contributed by atoms with van der Waals surface area (Å²) in [6, 6.07) is 13.2. The number of hydrogen-bond donors (Lipinski definition) is 2. The average Bonchev–Trinajstić information content (AvgIpc) is 3.12. The molecule has 0 atom stereocenters. The van der Waals surface area contributed by atoms with E-state index in [1.54, 1.807) is 24.4 Å². The maximum absolute atomic E-state index is 12.5. The van der Waals surface area contributed by atoms with Crippen LogP contribution < -0.4 is 10.0 Å². The van der Waals surface area contributed by atoms with Gasteiger partial charge in [0.1, 0.15) is 5.82 Å². The van der Waals surface area contributed by atoms with Gasteiger partial charge in [-0.05, 0) is 42.8 Å². The molecule has 0 radical (unpaired) electrons. The van der Waals surface area contributed by atoms with Crippen molar-refractivity contribution in [2.75, 3.05) is 11.9 Å². The van der Waals surface area contributed by atoms with Gasteiger partial charge < -0.3 is 9.88 Å². The molecule has 1 heterocycles. The number of nitrogens with one attached hydrogen (secondary N) is 2. The number of carbonyl (C=O) groups is 1. The molecule has 2 N–H and O–H groups in total. The quantitative estimate of drug-likeness (QED) is 0.587. The number of aromatic nitrogens is 2. The molecule has 7 nitrogen and oxygen atoms in total. The molecule has 0 unspecified atom stereocenters. The van der Waals surface area contributed by atoms with Gasteiger partial charge in [0.05, 0.1) is 11.4 Å². The van der Waals surface area contributed by atoms with Crippen LogP contribution in [0.15, 0.2) is 65.8 Å². The van der Waals surface area contributed by atoms with E-state index in [-0.39, 0.29) is 17.0 Å². The molecule has 0 aliphatic carbocycles. The first-order valence-electron chi connectivity index (χ1n) is 8.80. The van der Waals surface area contributed by atoms with E-state index < -0.39 is 15.9 Å². The van der Waals surface area contributed by atoms with Crippen LogP contribution in [0.5, 0.6) is 0 Å². The Morgan fingerprint density at radius 3 is 2.62 bits per heavy atom. The minimum atomic E-state index is -3.77. The molecule has 0 aliphatic rings. The number of hydrogen-bond acceptors (Lipinski definition) is 4. The van der Waals surface area contributed by atoms with Gasteiger partial charge >= 0.3 is 0 Å². The highest BCUT2D eigenvalue weighted by Gasteiger charge is 2.15. The number of nitrogens with zero attached hydrogens (tertiary/aromatic N) is 2. The van der Waals surface area contributed by atoms with E-state index in [9.17, 15) is 13.2 Å². The van der Waals surface area contributed by atoms with E-state index in [0.29, 0.717) is 12.2 Å². The molecular weight excluding hydrogens is 388 g/mol. The zero-order valence-corrected chi connectivity index (χ0v) is 16.6. The smallest absolute Gasteiger partial charge is 0.255 e. The summed E-state index contributed by atoms with van der Waals surface area (Å²) in [5.74, 6) is 2.73. The summed E-state index contributed by atoms with van der Waals surface area (Å²) < 4.78 is 28.6. The minimum Gasteiger partial charge on any atom is -0.331 e. The van der Waals surface area contributed by atoms with Crippen LogP contribution in [0.25, 0.3) is 0 Å². The minimum absolute atomic E-state index is 0.0218. The van der Waals surface area contributed by atoms with Crippen LogP contribution in [0, 0.1) is 19.3 Å². The molecule has 8 heteroatoms. The van der Waals surface area contributed by atoms with E-state index in [1.807, 2.05) is 29.8 Å². The van der Waals surface area contributed by atoms with Crippen molar-refractivity contribution >= 4 is 21.6 Å². The predicted octanol–water partition coefficient (Wildman–Crippen LogP) is 2.40. The summed E-state index contributed by atoms with van der Waals surface area (Å²) in [6.07, 6.45) is 8.75. The zero-order chi connectivity index (χ0) is 20.9. The number of benzene rings is 2. The Balaban J connectivity index is 1.70. The number of aryl methyl sites for hydroxylation is 1. The van der Waals surface area contributed by atoms with Gasteiger partial charge in [0.25, 0.3) is 5.91 Å². The van der Waals surface area contributed by atoms with Crippen LogP contribution in [0.1, 0.15) is 21.7 Å². The summed E-state index contributed by atoms with van der Waals surface area (Å²) in [5, 5.41) is 2.77. The van der Waals surface area contributed by atoms with Gasteiger partial charge in [-0.2, -0.15) is 4.72 Å². The largest absolute Gasteiger partial charge is 0.331 e. The van der Waals surface area contributed by atoms with Crippen LogP contribution in [0.3, 0.4) is 0 Å². The van der Waals surface area contributed by atoms with Crippen molar-refractivity contribution in [2.45, 2.75) is 18.4 Å². The average molecular weight is 408 g/mol. The molecule has 0 bridgehead atoms. The summed E-state index contributed by atoms with van der Waals surface area (Å²) in [7, 11) is -3.77. The van der Waals surface area contributed by atoms with E-state index in [1.165, 1.54) is 18.2 Å². The lowest BCUT2D eigenvalue weighted by molar-refractivity contribution is 0.102. The predicted molar refractivity (Wildman–Crippen MR) is 111 cm³/mol. The third-order valence-electron chi connectivity index (χ3n) is 4.26. The van der Waals surface area contributed by atoms with Crippen LogP contribution in [0.4, 0.5) is 5.69 Å². The molecule has 148 valence electrons. The van der Waals surface area contributed by atoms with Crippen LogP contribution >= 0.6 is 0 Å². The lowest BCUT2D eigenvalue weighted by Gasteiger charge is -2.09. The monoisotopic (exact) mass is 408 g/mol. The van der Waals surface area contributed by atoms with Gasteiger partial charge in [-0.3, -0.25) is 4.79 Å². The molecule has 0 spiro atoms. The Hall–Kier alpha value is -3.41. The highest BCUT2D eigenvalue weighted by molar-refractivity contribution is 7.89. The Bertz CT molecular complexity index is 1160. The Labute approximate surface area is 169 Å². The lowest BCUT2D eigenvalue weighted by atomic mass is 10.2. The van der Waals surface area contributed by atoms with Gasteiger partial charge in [-0.1, -0.05) is 24.1 Å². The molecule has 1 aromatic heterocycles. The van der Waals surface area contributed by atoms with Gasteiger partial charge in [-0.15, -0.1) is 6.42 Å². The molecule has 3 aromatic rings. The fourth-order valence-electron chi connectivity index (χ4n) is 2.69. The number of amides is 1. The molecule has 3 rings (SSSR count). The molecule has 0 aliphatic heterocycles. The van der Waals surface area contributed by atoms with Crippen molar-refractivity contribution in [2.24, 2.45) is 0 Å². The number of sulfonamides is 1. The fourth-order valence-corrected chi connectivity index (χ4v) is 3.67. The van der Waals surface area contributed by atoms with Gasteiger partial charge in [-0.25, -0.2) is 13.4 Å².